The number of carbonyl (C=O) groups is 1. The highest BCUT2D eigenvalue weighted by Crippen LogP contribution is 2.28. The van der Waals surface area contributed by atoms with Crippen LogP contribution in [0.1, 0.15) is 11.1 Å². The minimum absolute atomic E-state index is 0.154. The van der Waals surface area contributed by atoms with Gasteiger partial charge in [-0.3, -0.25) is 4.79 Å². The molecule has 0 aliphatic rings. The standard InChI is InChI=1S/C18H22N2O3/c1-12-6-5-7-13(2)18(12)19-11-17(21)20-15-10-14(22-3)8-9-16(15)23-4/h5-10,19H,11H2,1-4H3,(H,20,21). The van der Waals surface area contributed by atoms with Gasteiger partial charge in [-0.25, -0.2) is 0 Å². The zero-order valence-electron chi connectivity index (χ0n) is 13.9. The molecular formula is C18H22N2O3. The first-order chi connectivity index (χ1) is 11.0. The Morgan fingerprint density at radius 1 is 1.04 bits per heavy atom. The Labute approximate surface area is 136 Å². The van der Waals surface area contributed by atoms with Gasteiger partial charge in [-0.2, -0.15) is 0 Å². The van der Waals surface area contributed by atoms with Crippen LogP contribution in [-0.4, -0.2) is 26.7 Å². The van der Waals surface area contributed by atoms with E-state index in [4.69, 9.17) is 9.47 Å². The summed E-state index contributed by atoms with van der Waals surface area (Å²) in [6.07, 6.45) is 0. The van der Waals surface area contributed by atoms with Crippen LogP contribution in [0.4, 0.5) is 11.4 Å². The maximum Gasteiger partial charge on any atom is 0.243 e. The highest BCUT2D eigenvalue weighted by atomic mass is 16.5. The first kappa shape index (κ1) is 16.7. The average Bonchev–Trinajstić information content (AvgIpc) is 2.54. The van der Waals surface area contributed by atoms with Gasteiger partial charge < -0.3 is 20.1 Å². The third kappa shape index (κ3) is 4.16. The Bertz CT molecular complexity index is 678. The maximum atomic E-state index is 12.2. The van der Waals surface area contributed by atoms with Crippen molar-refractivity contribution in [2.24, 2.45) is 0 Å². The van der Waals surface area contributed by atoms with Crippen LogP contribution in [-0.2, 0) is 4.79 Å². The molecule has 1 amide bonds. The fourth-order valence-corrected chi connectivity index (χ4v) is 2.37. The van der Waals surface area contributed by atoms with Crippen LogP contribution in [0.25, 0.3) is 0 Å². The van der Waals surface area contributed by atoms with Gasteiger partial charge >= 0.3 is 0 Å². The van der Waals surface area contributed by atoms with Gasteiger partial charge in [0.2, 0.25) is 5.91 Å². The number of rotatable bonds is 6. The predicted octanol–water partition coefficient (Wildman–Crippen LogP) is 3.37. The number of hydrogen-bond acceptors (Lipinski definition) is 4. The summed E-state index contributed by atoms with van der Waals surface area (Å²) in [5.41, 5.74) is 3.79. The smallest absolute Gasteiger partial charge is 0.243 e. The van der Waals surface area contributed by atoms with E-state index in [0.29, 0.717) is 17.2 Å². The van der Waals surface area contributed by atoms with Crippen LogP contribution in [0.5, 0.6) is 11.5 Å². The molecule has 0 saturated carbocycles. The van der Waals surface area contributed by atoms with E-state index in [1.807, 2.05) is 32.0 Å². The minimum Gasteiger partial charge on any atom is -0.497 e. The molecule has 2 aromatic rings. The van der Waals surface area contributed by atoms with E-state index in [1.54, 1.807) is 32.4 Å². The molecule has 5 heteroatoms. The van der Waals surface area contributed by atoms with E-state index in [2.05, 4.69) is 10.6 Å². The van der Waals surface area contributed by atoms with Crippen LogP contribution in [0, 0.1) is 13.8 Å². The number of carbonyl (C=O) groups excluding carboxylic acids is 1. The number of ether oxygens (including phenoxy) is 2. The lowest BCUT2D eigenvalue weighted by Gasteiger charge is -2.14. The predicted molar refractivity (Wildman–Crippen MR) is 92.6 cm³/mol. The number of methoxy groups -OCH3 is 2. The Hall–Kier alpha value is -2.69. The summed E-state index contributed by atoms with van der Waals surface area (Å²) in [6.45, 7) is 4.20. The monoisotopic (exact) mass is 314 g/mol. The molecule has 0 spiro atoms. The summed E-state index contributed by atoms with van der Waals surface area (Å²) in [4.78, 5) is 12.2. The molecule has 0 atom stereocenters. The van der Waals surface area contributed by atoms with Gasteiger partial charge in [0.05, 0.1) is 26.5 Å². The molecule has 2 N–H and O–H groups in total. The highest BCUT2D eigenvalue weighted by Gasteiger charge is 2.10. The van der Waals surface area contributed by atoms with E-state index in [9.17, 15) is 4.79 Å². The lowest BCUT2D eigenvalue weighted by atomic mass is 10.1. The van der Waals surface area contributed by atoms with Crippen molar-refractivity contribution in [3.05, 3.63) is 47.5 Å². The van der Waals surface area contributed by atoms with E-state index >= 15 is 0 Å². The van der Waals surface area contributed by atoms with Crippen molar-refractivity contribution in [2.45, 2.75) is 13.8 Å². The number of anilines is 2. The van der Waals surface area contributed by atoms with Crippen molar-refractivity contribution in [1.29, 1.82) is 0 Å². The number of amides is 1. The summed E-state index contributed by atoms with van der Waals surface area (Å²) < 4.78 is 10.4. The lowest BCUT2D eigenvalue weighted by molar-refractivity contribution is -0.114. The molecule has 0 aliphatic carbocycles. The van der Waals surface area contributed by atoms with Crippen molar-refractivity contribution in [3.8, 4) is 11.5 Å². The first-order valence-electron chi connectivity index (χ1n) is 7.37. The molecule has 23 heavy (non-hydrogen) atoms. The van der Waals surface area contributed by atoms with E-state index in [0.717, 1.165) is 16.8 Å². The Morgan fingerprint density at radius 3 is 2.35 bits per heavy atom. The summed E-state index contributed by atoms with van der Waals surface area (Å²) in [7, 11) is 3.14. The van der Waals surface area contributed by atoms with Crippen LogP contribution in [0.2, 0.25) is 0 Å². The van der Waals surface area contributed by atoms with Crippen molar-refractivity contribution in [1.82, 2.24) is 0 Å². The molecule has 0 saturated heterocycles. The van der Waals surface area contributed by atoms with Gasteiger partial charge in [-0.05, 0) is 37.1 Å². The van der Waals surface area contributed by atoms with Crippen LogP contribution in [0.3, 0.4) is 0 Å². The van der Waals surface area contributed by atoms with Gasteiger partial charge in [0.1, 0.15) is 11.5 Å². The number of nitrogens with one attached hydrogen (secondary N) is 2. The summed E-state index contributed by atoms with van der Waals surface area (Å²) in [6, 6.07) is 11.3. The Balaban J connectivity index is 2.05. The number of aryl methyl sites for hydroxylation is 2. The molecule has 0 bridgehead atoms. The molecule has 2 aromatic carbocycles. The van der Waals surface area contributed by atoms with Crippen molar-refractivity contribution in [3.63, 3.8) is 0 Å². The molecule has 122 valence electrons. The number of para-hydroxylation sites is 1. The molecule has 2 rings (SSSR count). The maximum absolute atomic E-state index is 12.2. The minimum atomic E-state index is -0.154. The van der Waals surface area contributed by atoms with Crippen molar-refractivity contribution < 1.29 is 14.3 Å². The quantitative estimate of drug-likeness (QED) is 0.858. The molecular weight excluding hydrogens is 292 g/mol. The largest absolute Gasteiger partial charge is 0.497 e. The molecule has 0 fully saturated rings. The summed E-state index contributed by atoms with van der Waals surface area (Å²) in [5, 5.41) is 6.02. The average molecular weight is 314 g/mol. The van der Waals surface area contributed by atoms with Crippen molar-refractivity contribution in [2.75, 3.05) is 31.4 Å². The zero-order valence-corrected chi connectivity index (χ0v) is 13.9. The number of benzene rings is 2. The second kappa shape index (κ2) is 7.54. The van der Waals surface area contributed by atoms with Crippen LogP contribution < -0.4 is 20.1 Å². The fourth-order valence-electron chi connectivity index (χ4n) is 2.37. The SMILES string of the molecule is COc1ccc(OC)c(NC(=O)CNc2c(C)cccc2C)c1. The third-order valence-electron chi connectivity index (χ3n) is 3.59. The molecule has 0 heterocycles. The third-order valence-corrected chi connectivity index (χ3v) is 3.59. The van der Waals surface area contributed by atoms with E-state index < -0.39 is 0 Å². The van der Waals surface area contributed by atoms with Crippen LogP contribution in [0.15, 0.2) is 36.4 Å². The first-order valence-corrected chi connectivity index (χ1v) is 7.37. The molecule has 5 nitrogen and oxygen atoms in total. The molecule has 0 unspecified atom stereocenters. The summed E-state index contributed by atoms with van der Waals surface area (Å²) in [5.74, 6) is 1.09. The number of hydrogen-bond donors (Lipinski definition) is 2. The zero-order chi connectivity index (χ0) is 16.8. The second-order valence-corrected chi connectivity index (χ2v) is 5.23. The Kier molecular flexibility index (Phi) is 5.46. The molecule has 0 aliphatic heterocycles. The van der Waals surface area contributed by atoms with Crippen LogP contribution >= 0.6 is 0 Å². The summed E-state index contributed by atoms with van der Waals surface area (Å²) >= 11 is 0. The lowest BCUT2D eigenvalue weighted by Crippen LogP contribution is -2.22. The highest BCUT2D eigenvalue weighted by molar-refractivity contribution is 5.95. The molecule has 0 aromatic heterocycles. The fraction of sp³-hybridized carbons (Fsp3) is 0.278. The normalized spacial score (nSPS) is 10.1. The van der Waals surface area contributed by atoms with Gasteiger partial charge in [-0.1, -0.05) is 18.2 Å². The van der Waals surface area contributed by atoms with E-state index in [-0.39, 0.29) is 12.5 Å². The van der Waals surface area contributed by atoms with Gasteiger partial charge in [-0.15, -0.1) is 0 Å². The van der Waals surface area contributed by atoms with Gasteiger partial charge in [0.25, 0.3) is 0 Å². The Morgan fingerprint density at radius 2 is 1.74 bits per heavy atom. The topological polar surface area (TPSA) is 59.6 Å². The van der Waals surface area contributed by atoms with E-state index in [1.165, 1.54) is 0 Å². The van der Waals surface area contributed by atoms with Gasteiger partial charge in [0, 0.05) is 11.8 Å². The second-order valence-electron chi connectivity index (χ2n) is 5.23. The molecule has 0 radical (unpaired) electrons. The van der Waals surface area contributed by atoms with Crippen molar-refractivity contribution >= 4 is 17.3 Å². The van der Waals surface area contributed by atoms with Gasteiger partial charge in [0.15, 0.2) is 0 Å².